The fraction of sp³-hybridized carbons (Fsp3) is 0.0882. The molecule has 1 aromatic heterocycles. The number of azo groups is 2. The fourth-order valence-corrected chi connectivity index (χ4v) is 10.2. The molecule has 366 valence electrons. The second-order valence-corrected chi connectivity index (χ2v) is 22.5. The van der Waals surface area contributed by atoms with E-state index < -0.39 is 143 Å². The van der Waals surface area contributed by atoms with Gasteiger partial charge in [0.25, 0.3) is 0 Å². The molecule has 0 bridgehead atoms. The number of nitrogens with one attached hydrogen (secondary N) is 1. The van der Waals surface area contributed by atoms with Gasteiger partial charge in [-0.3, -0.25) is 4.18 Å². The van der Waals surface area contributed by atoms with E-state index in [9.17, 15) is 78.4 Å². The van der Waals surface area contributed by atoms with E-state index in [1.807, 2.05) is 0 Å². The number of hydrogen-bond donors (Lipinski definition) is 3. The van der Waals surface area contributed by atoms with Gasteiger partial charge in [0, 0.05) is 11.3 Å². The molecule has 0 spiro atoms. The summed E-state index contributed by atoms with van der Waals surface area (Å²) in [5, 5.41) is 26.4. The van der Waals surface area contributed by atoms with Gasteiger partial charge in [-0.2, -0.15) is 15.0 Å². The fourth-order valence-electron chi connectivity index (χ4n) is 5.92. The van der Waals surface area contributed by atoms with Gasteiger partial charge in [-0.05, 0) is 96.2 Å². The Kier molecular flexibility index (Phi) is 26.1. The van der Waals surface area contributed by atoms with Gasteiger partial charge < -0.3 is 38.9 Å². The van der Waals surface area contributed by atoms with Crippen LogP contribution >= 0.6 is 11.6 Å². The summed E-state index contributed by atoms with van der Waals surface area (Å²) in [5.74, 6) is -2.98. The third kappa shape index (κ3) is 17.9. The minimum Gasteiger partial charge on any atom is -0.744 e. The Balaban J connectivity index is 0.00000548. The Labute approximate surface area is 536 Å². The van der Waals surface area contributed by atoms with Gasteiger partial charge >= 0.3 is 148 Å². The largest absolute Gasteiger partial charge is 1.00 e. The van der Waals surface area contributed by atoms with Crippen LogP contribution in [0.3, 0.4) is 0 Å². The first-order chi connectivity index (χ1) is 31.7. The molecule has 0 saturated carbocycles. The average molecular weight is 1200 g/mol. The van der Waals surface area contributed by atoms with Crippen molar-refractivity contribution in [1.29, 1.82) is 0 Å². The summed E-state index contributed by atoms with van der Waals surface area (Å²) in [6, 6.07) is 11.1. The predicted molar refractivity (Wildman–Crippen MR) is 229 cm³/mol. The molecule has 0 saturated heterocycles. The minimum absolute atomic E-state index is 0. The van der Waals surface area contributed by atoms with Crippen LogP contribution in [0.4, 0.5) is 40.1 Å². The molecule has 0 aliphatic rings. The number of phenols is 1. The molecule has 0 aliphatic carbocycles. The summed E-state index contributed by atoms with van der Waals surface area (Å²) in [6.45, 7) is 0.463. The summed E-state index contributed by atoms with van der Waals surface area (Å²) >= 11 is 6.11. The Bertz CT molecular complexity index is 3910. The first-order valence-electron chi connectivity index (χ1n) is 17.9. The van der Waals surface area contributed by atoms with Gasteiger partial charge in [0.15, 0.2) is 21.4 Å². The van der Waals surface area contributed by atoms with E-state index in [4.69, 9.17) is 17.3 Å². The van der Waals surface area contributed by atoms with Crippen molar-refractivity contribution in [2.45, 2.75) is 31.4 Å². The number of sulfone groups is 1. The van der Waals surface area contributed by atoms with Gasteiger partial charge in [-0.15, -0.1) is 20.5 Å². The van der Waals surface area contributed by atoms with Crippen LogP contribution in [0.25, 0.3) is 22.2 Å². The van der Waals surface area contributed by atoms with Crippen molar-refractivity contribution in [2.75, 3.05) is 23.4 Å². The summed E-state index contributed by atoms with van der Waals surface area (Å²) in [7, 11) is -31.5. The molecule has 74 heavy (non-hydrogen) atoms. The maximum Gasteiger partial charge on any atom is 1.00 e. The van der Waals surface area contributed by atoms with Crippen LogP contribution < -0.4 is 159 Å². The molecule has 6 aromatic rings. The Hall–Kier alpha value is -1.28. The number of nitrogens with two attached hydrogens (primary N) is 1. The summed E-state index contributed by atoms with van der Waals surface area (Å²) in [6.07, 6.45) is 0. The third-order valence-corrected chi connectivity index (χ3v) is 14.7. The molecule has 0 aliphatic heterocycles. The van der Waals surface area contributed by atoms with E-state index in [2.05, 4.69) is 44.9 Å². The van der Waals surface area contributed by atoms with Crippen LogP contribution in [0.2, 0.25) is 5.28 Å². The Morgan fingerprint density at radius 3 is 1.69 bits per heavy atom. The maximum atomic E-state index is 12.5. The smallest absolute Gasteiger partial charge is 0.744 e. The molecule has 0 fully saturated rings. The molecule has 6 rings (SSSR count). The van der Waals surface area contributed by atoms with Crippen molar-refractivity contribution in [3.63, 3.8) is 0 Å². The molecule has 0 atom stereocenters. The topological polar surface area (TPSA) is 476 Å². The number of hydrogen-bond acceptors (Lipinski definition) is 28. The van der Waals surface area contributed by atoms with Crippen LogP contribution in [0, 0.1) is 6.92 Å². The van der Waals surface area contributed by atoms with E-state index in [1.54, 1.807) is 0 Å². The quantitative estimate of drug-likeness (QED) is 0.0266. The van der Waals surface area contributed by atoms with E-state index in [0.29, 0.717) is 18.2 Å². The van der Waals surface area contributed by atoms with Gasteiger partial charge in [-0.25, -0.2) is 50.5 Å². The minimum atomic E-state index is -5.79. The standard InChI is InChI=1S/C34H28ClN9O19S6.5Na/c1-16-2-8-21(24(12-16)66(51,52)53)41-43-29-25(67(54,55)56)14-18-15-26(68(57,58)59)30(31(45)27(18)28(29)36)44-42-22-13-17(3-9-23(22)65(48,49)50)32-38-33(35)40-34(39-32)37-19-4-6-20(7-5-19)64(46,47)11-10-63-69(60,61)62;;;;;/h2-9,12-15,45H,10-11,36H2,1H3,(H,48,49,50)(H,51,52,53)(H,54,55,56)(H,57,58,59)(H,60,61,62)(H,37,38,39,40);;;;;/q;5*+1/p-5. The Morgan fingerprint density at radius 2 is 1.15 bits per heavy atom. The van der Waals surface area contributed by atoms with Crippen molar-refractivity contribution in [1.82, 2.24) is 15.0 Å². The monoisotopic (exact) mass is 1200 g/mol. The van der Waals surface area contributed by atoms with Crippen LogP contribution in [0.1, 0.15) is 5.56 Å². The van der Waals surface area contributed by atoms with E-state index in [0.717, 1.165) is 36.4 Å². The number of nitrogens with zero attached hydrogens (tertiary/aromatic N) is 7. The summed E-state index contributed by atoms with van der Waals surface area (Å²) < 4.78 is 209. The maximum absolute atomic E-state index is 12.5. The predicted octanol–water partition coefficient (Wildman–Crippen LogP) is -11.6. The number of fused-ring (bicyclic) bond motifs is 1. The van der Waals surface area contributed by atoms with E-state index in [-0.39, 0.29) is 181 Å². The number of anilines is 3. The molecule has 4 N–H and O–H groups in total. The second kappa shape index (κ2) is 27.3. The van der Waals surface area contributed by atoms with E-state index in [1.165, 1.54) is 25.1 Å². The molecular weight excluding hydrogens is 1180 g/mol. The van der Waals surface area contributed by atoms with Gasteiger partial charge in [-0.1, -0.05) is 6.07 Å². The SMILES string of the molecule is Cc1ccc(N=Nc2c(S(=O)(=O)[O-])cc3cc(S(=O)(=O)[O-])c(N=Nc4cc(-c5nc(Cl)nc(Nc6ccc(S(=O)(=O)CCOS(=O)(=O)[O-])cc6)n5)ccc4S(=O)(=O)[O-])c(O)c3c2N)c(S(=O)(=O)[O-])c1.[Na+].[Na+].[Na+].[Na+].[Na+]. The average Bonchev–Trinajstić information content (AvgIpc) is 3.21. The molecular formula is C34H23ClN9Na5O19S6. The van der Waals surface area contributed by atoms with Crippen LogP contribution in [-0.4, -0.2) is 106 Å². The molecule has 1 heterocycles. The summed E-state index contributed by atoms with van der Waals surface area (Å²) in [5.41, 5.74) is 1.36. The van der Waals surface area contributed by atoms with Gasteiger partial charge in [0.05, 0.1) is 47.9 Å². The third-order valence-electron chi connectivity index (χ3n) is 8.90. The number of aromatic nitrogens is 3. The van der Waals surface area contributed by atoms with Crippen LogP contribution in [-0.2, 0) is 64.9 Å². The normalized spacial score (nSPS) is 12.3. The van der Waals surface area contributed by atoms with Crippen molar-refractivity contribution >= 4 is 123 Å². The van der Waals surface area contributed by atoms with Crippen LogP contribution in [0.15, 0.2) is 118 Å². The number of nitrogen functional groups attached to an aromatic ring is 1. The van der Waals surface area contributed by atoms with Crippen molar-refractivity contribution in [2.24, 2.45) is 20.5 Å². The van der Waals surface area contributed by atoms with Crippen LogP contribution in [0.5, 0.6) is 5.75 Å². The molecule has 5 aromatic carbocycles. The molecule has 0 radical (unpaired) electrons. The summed E-state index contributed by atoms with van der Waals surface area (Å²) in [4.78, 5) is 6.75. The molecule has 28 nitrogen and oxygen atoms in total. The van der Waals surface area contributed by atoms with Gasteiger partial charge in [0.2, 0.25) is 21.6 Å². The van der Waals surface area contributed by atoms with Crippen molar-refractivity contribution in [3.05, 3.63) is 83.6 Å². The zero-order chi connectivity index (χ0) is 51.2. The van der Waals surface area contributed by atoms with E-state index >= 15 is 0 Å². The van der Waals surface area contributed by atoms with Crippen molar-refractivity contribution in [3.8, 4) is 17.1 Å². The number of benzene rings is 5. The number of aromatic hydroxyl groups is 1. The molecule has 40 heteroatoms. The number of phenolic OH excluding ortho intramolecular Hbond substituents is 1. The molecule has 0 amide bonds. The number of aryl methyl sites for hydroxylation is 1. The first kappa shape index (κ1) is 70.7. The number of halogens is 1. The zero-order valence-corrected chi connectivity index (χ0v) is 54.3. The first-order valence-corrected chi connectivity index (χ1v) is 26.9. The van der Waals surface area contributed by atoms with Gasteiger partial charge in [0.1, 0.15) is 63.2 Å². The zero-order valence-electron chi connectivity index (χ0n) is 38.7. The molecule has 0 unspecified atom stereocenters. The number of rotatable bonds is 16. The van der Waals surface area contributed by atoms with Crippen molar-refractivity contribution < 1.29 is 230 Å². The second-order valence-electron chi connectivity index (χ2n) is 13.6. The Morgan fingerprint density at radius 1 is 0.622 bits per heavy atom.